The SMILES string of the molecule is CC1(C)Oc2ccccc2CC1NCS(=O)(=O)C(Cl)CCl. The third-order valence-electron chi connectivity index (χ3n) is 3.65. The molecule has 0 saturated heterocycles. The number of benzene rings is 1. The summed E-state index contributed by atoms with van der Waals surface area (Å²) >= 11 is 11.3. The molecule has 1 aromatic rings. The highest BCUT2D eigenvalue weighted by atomic mass is 35.5. The van der Waals surface area contributed by atoms with Crippen molar-refractivity contribution in [3.8, 4) is 5.75 Å². The van der Waals surface area contributed by atoms with E-state index in [1.165, 1.54) is 0 Å². The Bertz CT molecular complexity index is 604. The smallest absolute Gasteiger partial charge is 0.181 e. The molecular weight excluding hydrogens is 333 g/mol. The molecule has 2 atom stereocenters. The summed E-state index contributed by atoms with van der Waals surface area (Å²) < 4.78 is 28.8. The highest BCUT2D eigenvalue weighted by Crippen LogP contribution is 2.33. The number of hydrogen-bond donors (Lipinski definition) is 1. The average Bonchev–Trinajstić information content (AvgIpc) is 2.43. The number of nitrogens with one attached hydrogen (secondary N) is 1. The van der Waals surface area contributed by atoms with Gasteiger partial charge in [-0.15, -0.1) is 23.2 Å². The molecule has 1 aromatic carbocycles. The van der Waals surface area contributed by atoms with Gasteiger partial charge in [-0.05, 0) is 31.9 Å². The van der Waals surface area contributed by atoms with Gasteiger partial charge in [-0.25, -0.2) is 8.42 Å². The largest absolute Gasteiger partial charge is 0.486 e. The van der Waals surface area contributed by atoms with Gasteiger partial charge in [-0.3, -0.25) is 5.32 Å². The summed E-state index contributed by atoms with van der Waals surface area (Å²) in [5, 5.41) is 3.05. The van der Waals surface area contributed by atoms with E-state index in [2.05, 4.69) is 5.32 Å². The predicted molar refractivity (Wildman–Crippen MR) is 85.9 cm³/mol. The van der Waals surface area contributed by atoms with Gasteiger partial charge in [0.25, 0.3) is 0 Å². The van der Waals surface area contributed by atoms with E-state index >= 15 is 0 Å². The second kappa shape index (κ2) is 6.32. The maximum Gasteiger partial charge on any atom is 0.181 e. The molecule has 0 amide bonds. The van der Waals surface area contributed by atoms with Crippen LogP contribution in [0.3, 0.4) is 0 Å². The number of hydrogen-bond acceptors (Lipinski definition) is 4. The van der Waals surface area contributed by atoms with E-state index < -0.39 is 20.1 Å². The topological polar surface area (TPSA) is 55.4 Å². The van der Waals surface area contributed by atoms with Gasteiger partial charge < -0.3 is 4.74 Å². The van der Waals surface area contributed by atoms with Crippen LogP contribution in [-0.2, 0) is 16.3 Å². The summed E-state index contributed by atoms with van der Waals surface area (Å²) in [7, 11) is -3.47. The van der Waals surface area contributed by atoms with Gasteiger partial charge >= 0.3 is 0 Å². The lowest BCUT2D eigenvalue weighted by Gasteiger charge is -2.40. The maximum absolute atomic E-state index is 11.9. The highest BCUT2D eigenvalue weighted by Gasteiger charge is 2.37. The third kappa shape index (κ3) is 3.83. The van der Waals surface area contributed by atoms with Gasteiger partial charge in [-0.1, -0.05) is 18.2 Å². The van der Waals surface area contributed by atoms with Gasteiger partial charge in [0.1, 0.15) is 21.9 Å². The van der Waals surface area contributed by atoms with Gasteiger partial charge in [0.05, 0.1) is 11.9 Å². The Morgan fingerprint density at radius 1 is 1.43 bits per heavy atom. The summed E-state index contributed by atoms with van der Waals surface area (Å²) in [5.41, 5.74) is 0.554. The lowest BCUT2D eigenvalue weighted by molar-refractivity contribution is 0.0507. The zero-order valence-electron chi connectivity index (χ0n) is 12.0. The molecular formula is C14H19Cl2NO3S. The molecule has 1 aliphatic heterocycles. The molecule has 7 heteroatoms. The van der Waals surface area contributed by atoms with Gasteiger partial charge in [0.15, 0.2) is 9.84 Å². The van der Waals surface area contributed by atoms with Gasteiger partial charge in [-0.2, -0.15) is 0 Å². The van der Waals surface area contributed by atoms with Crippen molar-refractivity contribution in [1.82, 2.24) is 5.32 Å². The van der Waals surface area contributed by atoms with Gasteiger partial charge in [0, 0.05) is 0 Å². The number of ether oxygens (including phenoxy) is 1. The second-order valence-corrected chi connectivity index (χ2v) is 8.92. The molecule has 1 heterocycles. The molecule has 0 radical (unpaired) electrons. The van der Waals surface area contributed by atoms with Crippen LogP contribution < -0.4 is 10.1 Å². The Morgan fingerprint density at radius 2 is 2.10 bits per heavy atom. The molecule has 0 fully saturated rings. The number of para-hydroxylation sites is 1. The standard InChI is InChI=1S/C14H19Cl2NO3S/c1-14(2)12(17-9-21(18,19)13(16)8-15)7-10-5-3-4-6-11(10)20-14/h3-6,12-13,17H,7-9H2,1-2H3. The van der Waals surface area contributed by atoms with Crippen molar-refractivity contribution in [3.63, 3.8) is 0 Å². The first kappa shape index (κ1) is 16.9. The molecule has 21 heavy (non-hydrogen) atoms. The van der Waals surface area contributed by atoms with E-state index in [0.717, 1.165) is 11.3 Å². The van der Waals surface area contributed by atoms with Crippen molar-refractivity contribution < 1.29 is 13.2 Å². The Morgan fingerprint density at radius 3 is 2.76 bits per heavy atom. The molecule has 4 nitrogen and oxygen atoms in total. The lowest BCUT2D eigenvalue weighted by atomic mass is 9.89. The van der Waals surface area contributed by atoms with Crippen molar-refractivity contribution in [2.75, 3.05) is 11.8 Å². The van der Waals surface area contributed by atoms with Crippen molar-refractivity contribution in [2.24, 2.45) is 0 Å². The van der Waals surface area contributed by atoms with E-state index in [-0.39, 0.29) is 17.8 Å². The van der Waals surface area contributed by atoms with Crippen LogP contribution in [0, 0.1) is 0 Å². The van der Waals surface area contributed by atoms with E-state index in [4.69, 9.17) is 27.9 Å². The van der Waals surface area contributed by atoms with Gasteiger partial charge in [0.2, 0.25) is 0 Å². The minimum atomic E-state index is -3.47. The summed E-state index contributed by atoms with van der Waals surface area (Å²) in [6.45, 7) is 3.87. The number of sulfone groups is 1. The molecule has 2 rings (SSSR count). The van der Waals surface area contributed by atoms with E-state index in [0.29, 0.717) is 6.42 Å². The fourth-order valence-corrected chi connectivity index (χ4v) is 3.88. The first-order valence-electron chi connectivity index (χ1n) is 6.68. The summed E-state index contributed by atoms with van der Waals surface area (Å²) in [6, 6.07) is 7.65. The molecule has 1 aliphatic rings. The summed E-state index contributed by atoms with van der Waals surface area (Å²) in [4.78, 5) is 0. The van der Waals surface area contributed by atoms with Crippen LogP contribution in [0.4, 0.5) is 0 Å². The van der Waals surface area contributed by atoms with Crippen molar-refractivity contribution in [2.45, 2.75) is 36.6 Å². The van der Waals surface area contributed by atoms with Crippen LogP contribution >= 0.6 is 23.2 Å². The monoisotopic (exact) mass is 351 g/mol. The quantitative estimate of drug-likeness (QED) is 0.828. The average molecular weight is 352 g/mol. The van der Waals surface area contributed by atoms with Crippen molar-refractivity contribution >= 4 is 33.0 Å². The second-order valence-electron chi connectivity index (χ2n) is 5.65. The lowest BCUT2D eigenvalue weighted by Crippen LogP contribution is -2.55. The van der Waals surface area contributed by atoms with Crippen LogP contribution in [0.15, 0.2) is 24.3 Å². The normalized spacial score (nSPS) is 22.2. The predicted octanol–water partition coefficient (Wildman–Crippen LogP) is 2.53. The zero-order valence-corrected chi connectivity index (χ0v) is 14.3. The first-order valence-corrected chi connectivity index (χ1v) is 9.37. The molecule has 0 bridgehead atoms. The molecule has 0 aliphatic carbocycles. The maximum atomic E-state index is 11.9. The fourth-order valence-electron chi connectivity index (χ4n) is 2.31. The van der Waals surface area contributed by atoms with E-state index in [1.807, 2.05) is 38.1 Å². The number of alkyl halides is 2. The van der Waals surface area contributed by atoms with Crippen LogP contribution in [0.2, 0.25) is 0 Å². The molecule has 0 saturated carbocycles. The minimum Gasteiger partial charge on any atom is -0.486 e. The van der Waals surface area contributed by atoms with Crippen LogP contribution in [0.25, 0.3) is 0 Å². The highest BCUT2D eigenvalue weighted by molar-refractivity contribution is 7.93. The van der Waals surface area contributed by atoms with Crippen LogP contribution in [0.1, 0.15) is 19.4 Å². The third-order valence-corrected chi connectivity index (χ3v) is 6.78. The molecule has 2 unspecified atom stereocenters. The van der Waals surface area contributed by atoms with Crippen molar-refractivity contribution in [3.05, 3.63) is 29.8 Å². The Hall–Kier alpha value is -0.490. The summed E-state index contributed by atoms with van der Waals surface area (Å²) in [5.74, 6) is 0.506. The van der Waals surface area contributed by atoms with E-state index in [1.54, 1.807) is 0 Å². The van der Waals surface area contributed by atoms with Crippen molar-refractivity contribution in [1.29, 1.82) is 0 Å². The minimum absolute atomic E-state index is 0.124. The van der Waals surface area contributed by atoms with E-state index in [9.17, 15) is 8.42 Å². The number of halogens is 2. The zero-order chi connectivity index (χ0) is 15.7. The Labute approximate surface area is 135 Å². The summed E-state index contributed by atoms with van der Waals surface area (Å²) in [6.07, 6.45) is 0.701. The van der Waals surface area contributed by atoms with Crippen LogP contribution in [0.5, 0.6) is 5.75 Å². The van der Waals surface area contributed by atoms with Crippen LogP contribution in [-0.4, -0.2) is 36.5 Å². The molecule has 0 spiro atoms. The fraction of sp³-hybridized carbons (Fsp3) is 0.571. The first-order chi connectivity index (χ1) is 9.76. The Kier molecular flexibility index (Phi) is 5.08. The Balaban J connectivity index is 2.11. The molecule has 1 N–H and O–H groups in total. The number of rotatable bonds is 5. The number of fused-ring (bicyclic) bond motifs is 1. The molecule has 0 aromatic heterocycles. The molecule has 118 valence electrons.